The van der Waals surface area contributed by atoms with E-state index in [0.29, 0.717) is 11.3 Å². The highest BCUT2D eigenvalue weighted by atomic mass is 35.5. The van der Waals surface area contributed by atoms with E-state index in [2.05, 4.69) is 20.1 Å². The van der Waals surface area contributed by atoms with E-state index in [1.54, 1.807) is 6.92 Å². The fraction of sp³-hybridized carbons (Fsp3) is 0.0909. The second kappa shape index (κ2) is 5.62. The van der Waals surface area contributed by atoms with Gasteiger partial charge in [0.1, 0.15) is 4.90 Å². The van der Waals surface area contributed by atoms with Crippen LogP contribution >= 0.6 is 11.6 Å². The maximum Gasteiger partial charge on any atom is 0.265 e. The summed E-state index contributed by atoms with van der Waals surface area (Å²) in [7, 11) is -3.84. The van der Waals surface area contributed by atoms with Crippen LogP contribution in [0, 0.1) is 6.92 Å². The minimum Gasteiger partial charge on any atom is -0.409 e. The number of sulfonamides is 1. The highest BCUT2D eigenvalue weighted by Crippen LogP contribution is 2.26. The Morgan fingerprint density at radius 1 is 1.52 bits per heavy atom. The quantitative estimate of drug-likeness (QED) is 0.290. The Labute approximate surface area is 125 Å². The van der Waals surface area contributed by atoms with Crippen LogP contribution in [0.4, 0.5) is 5.69 Å². The molecule has 2 rings (SSSR count). The van der Waals surface area contributed by atoms with E-state index in [0.717, 1.165) is 0 Å². The van der Waals surface area contributed by atoms with E-state index in [1.165, 1.54) is 24.4 Å². The number of hydrogen-bond donors (Lipinski definition) is 4. The van der Waals surface area contributed by atoms with Crippen LogP contribution in [0.25, 0.3) is 0 Å². The SMILES string of the molecule is Cc1[nH]ncc1S(=O)(=O)Nc1cc(/C(N)=N/O)ccc1Cl. The topological polar surface area (TPSA) is 133 Å². The molecular weight excluding hydrogens is 318 g/mol. The summed E-state index contributed by atoms with van der Waals surface area (Å²) in [6.07, 6.45) is 1.19. The zero-order valence-electron chi connectivity index (χ0n) is 10.8. The van der Waals surface area contributed by atoms with Gasteiger partial charge in [0.05, 0.1) is 22.6 Å². The lowest BCUT2D eigenvalue weighted by Crippen LogP contribution is -2.16. The van der Waals surface area contributed by atoms with Crippen molar-refractivity contribution in [2.24, 2.45) is 10.9 Å². The molecule has 0 fully saturated rings. The summed E-state index contributed by atoms with van der Waals surface area (Å²) in [6, 6.07) is 4.30. The number of aromatic amines is 1. The van der Waals surface area contributed by atoms with E-state index in [9.17, 15) is 8.42 Å². The first-order valence-electron chi connectivity index (χ1n) is 5.65. The molecule has 8 nitrogen and oxygen atoms in total. The summed E-state index contributed by atoms with van der Waals surface area (Å²) in [4.78, 5) is 0.00719. The Balaban J connectivity index is 2.42. The summed E-state index contributed by atoms with van der Waals surface area (Å²) in [6.45, 7) is 1.58. The monoisotopic (exact) mass is 329 g/mol. The number of nitrogens with zero attached hydrogens (tertiary/aromatic N) is 2. The maximum absolute atomic E-state index is 12.2. The Bertz CT molecular complexity index is 800. The van der Waals surface area contributed by atoms with E-state index in [1.807, 2.05) is 0 Å². The van der Waals surface area contributed by atoms with Gasteiger partial charge >= 0.3 is 0 Å². The Kier molecular flexibility index (Phi) is 4.05. The molecule has 10 heteroatoms. The molecule has 1 aromatic carbocycles. The number of nitrogens with two attached hydrogens (primary N) is 1. The zero-order chi connectivity index (χ0) is 15.6. The lowest BCUT2D eigenvalue weighted by molar-refractivity contribution is 0.318. The highest BCUT2D eigenvalue weighted by molar-refractivity contribution is 7.92. The third-order valence-electron chi connectivity index (χ3n) is 2.69. The lowest BCUT2D eigenvalue weighted by Gasteiger charge is -2.10. The average molecular weight is 330 g/mol. The van der Waals surface area contributed by atoms with Crippen LogP contribution in [-0.4, -0.2) is 29.7 Å². The number of hydrogen-bond acceptors (Lipinski definition) is 5. The smallest absolute Gasteiger partial charge is 0.265 e. The van der Waals surface area contributed by atoms with Crippen molar-refractivity contribution >= 4 is 33.1 Å². The van der Waals surface area contributed by atoms with Crippen molar-refractivity contribution in [1.82, 2.24) is 10.2 Å². The van der Waals surface area contributed by atoms with Crippen molar-refractivity contribution < 1.29 is 13.6 Å². The number of amidine groups is 1. The predicted molar refractivity (Wildman–Crippen MR) is 78.1 cm³/mol. The van der Waals surface area contributed by atoms with Gasteiger partial charge in [0, 0.05) is 5.56 Å². The molecule has 0 aliphatic rings. The summed E-state index contributed by atoms with van der Waals surface area (Å²) in [5, 5.41) is 17.9. The molecule has 0 saturated carbocycles. The van der Waals surface area contributed by atoms with E-state index in [4.69, 9.17) is 22.5 Å². The van der Waals surface area contributed by atoms with E-state index < -0.39 is 10.0 Å². The number of aryl methyl sites for hydroxylation is 1. The van der Waals surface area contributed by atoms with Gasteiger partial charge in [-0.25, -0.2) is 8.42 Å². The standard InChI is InChI=1S/C11H12ClN5O3S/c1-6-10(5-14-15-6)21(19,20)17-9-4-7(11(13)16-18)2-3-8(9)12/h2-5,17-18H,1H3,(H2,13,16)(H,14,15). The lowest BCUT2D eigenvalue weighted by atomic mass is 10.2. The number of rotatable bonds is 4. The summed E-state index contributed by atoms with van der Waals surface area (Å²) in [5.74, 6) is -0.161. The summed E-state index contributed by atoms with van der Waals surface area (Å²) in [5.41, 5.74) is 6.29. The van der Waals surface area contributed by atoms with Gasteiger partial charge in [-0.05, 0) is 25.1 Å². The predicted octanol–water partition coefficient (Wildman–Crippen LogP) is 1.27. The number of halogens is 1. The first-order valence-corrected chi connectivity index (χ1v) is 7.51. The molecule has 0 bridgehead atoms. The molecule has 2 aromatic rings. The molecule has 21 heavy (non-hydrogen) atoms. The minimum atomic E-state index is -3.84. The molecule has 0 aliphatic heterocycles. The van der Waals surface area contributed by atoms with Crippen LogP contribution in [0.15, 0.2) is 34.4 Å². The van der Waals surface area contributed by atoms with Crippen molar-refractivity contribution in [3.63, 3.8) is 0 Å². The Hall–Kier alpha value is -2.26. The number of oxime groups is 1. The van der Waals surface area contributed by atoms with Crippen molar-refractivity contribution in [1.29, 1.82) is 0 Å². The van der Waals surface area contributed by atoms with Crippen LogP contribution < -0.4 is 10.5 Å². The Morgan fingerprint density at radius 3 is 2.81 bits per heavy atom. The largest absolute Gasteiger partial charge is 0.409 e. The molecule has 0 unspecified atom stereocenters. The maximum atomic E-state index is 12.2. The van der Waals surface area contributed by atoms with Gasteiger partial charge in [-0.3, -0.25) is 9.82 Å². The van der Waals surface area contributed by atoms with Crippen molar-refractivity contribution in [2.45, 2.75) is 11.8 Å². The molecule has 0 atom stereocenters. The Morgan fingerprint density at radius 2 is 2.24 bits per heavy atom. The number of aromatic nitrogens is 2. The van der Waals surface area contributed by atoms with Gasteiger partial charge in [-0.1, -0.05) is 16.8 Å². The molecule has 0 spiro atoms. The number of anilines is 1. The fourth-order valence-corrected chi connectivity index (χ4v) is 3.06. The molecule has 1 aromatic heterocycles. The van der Waals surface area contributed by atoms with Gasteiger partial charge in [0.2, 0.25) is 0 Å². The first-order chi connectivity index (χ1) is 9.85. The molecule has 5 N–H and O–H groups in total. The molecule has 1 heterocycles. The molecule has 112 valence electrons. The van der Waals surface area contributed by atoms with Crippen LogP contribution in [-0.2, 0) is 10.0 Å². The third-order valence-corrected chi connectivity index (χ3v) is 4.50. The second-order valence-electron chi connectivity index (χ2n) is 4.14. The average Bonchev–Trinajstić information content (AvgIpc) is 2.87. The first kappa shape index (κ1) is 15.1. The van der Waals surface area contributed by atoms with Gasteiger partial charge in [0.25, 0.3) is 10.0 Å². The molecule has 0 amide bonds. The summed E-state index contributed by atoms with van der Waals surface area (Å²) >= 11 is 5.96. The number of benzene rings is 1. The molecule has 0 saturated heterocycles. The van der Waals surface area contributed by atoms with Gasteiger partial charge in [-0.2, -0.15) is 5.10 Å². The van der Waals surface area contributed by atoms with Crippen LogP contribution in [0.2, 0.25) is 5.02 Å². The van der Waals surface area contributed by atoms with Crippen LogP contribution in [0.1, 0.15) is 11.3 Å². The van der Waals surface area contributed by atoms with Gasteiger partial charge in [-0.15, -0.1) is 0 Å². The van der Waals surface area contributed by atoms with Crippen molar-refractivity contribution in [2.75, 3.05) is 4.72 Å². The molecular formula is C11H12ClN5O3S. The number of nitrogens with one attached hydrogen (secondary N) is 2. The van der Waals surface area contributed by atoms with Gasteiger partial charge in [0.15, 0.2) is 5.84 Å². The fourth-order valence-electron chi connectivity index (χ4n) is 1.63. The van der Waals surface area contributed by atoms with Crippen LogP contribution in [0.5, 0.6) is 0 Å². The third kappa shape index (κ3) is 3.09. The second-order valence-corrected chi connectivity index (χ2v) is 6.20. The number of H-pyrrole nitrogens is 1. The van der Waals surface area contributed by atoms with Gasteiger partial charge < -0.3 is 10.9 Å². The van der Waals surface area contributed by atoms with E-state index >= 15 is 0 Å². The molecule has 0 aliphatic carbocycles. The van der Waals surface area contributed by atoms with Crippen LogP contribution in [0.3, 0.4) is 0 Å². The highest BCUT2D eigenvalue weighted by Gasteiger charge is 2.20. The van der Waals surface area contributed by atoms with E-state index in [-0.39, 0.29) is 21.4 Å². The molecule has 0 radical (unpaired) electrons. The minimum absolute atomic E-state index is 0.00719. The van der Waals surface area contributed by atoms with Crippen molar-refractivity contribution in [3.05, 3.63) is 40.7 Å². The van der Waals surface area contributed by atoms with Crippen molar-refractivity contribution in [3.8, 4) is 0 Å². The zero-order valence-corrected chi connectivity index (χ0v) is 12.4. The summed E-state index contributed by atoms with van der Waals surface area (Å²) < 4.78 is 26.8. The normalized spacial score (nSPS) is 12.4.